The number of aryl methyl sites for hydroxylation is 1. The van der Waals surface area contributed by atoms with Gasteiger partial charge in [0.15, 0.2) is 0 Å². The number of benzene rings is 2. The Morgan fingerprint density at radius 3 is 2.67 bits per heavy atom. The van der Waals surface area contributed by atoms with Crippen LogP contribution in [0.4, 0.5) is 10.5 Å². The highest BCUT2D eigenvalue weighted by Gasteiger charge is 2.55. The summed E-state index contributed by atoms with van der Waals surface area (Å²) in [4.78, 5) is 51.2. The van der Waals surface area contributed by atoms with Crippen LogP contribution < -0.4 is 16.0 Å². The van der Waals surface area contributed by atoms with Crippen molar-refractivity contribution in [2.24, 2.45) is 0 Å². The van der Waals surface area contributed by atoms with Crippen molar-refractivity contribution in [3.63, 3.8) is 0 Å². The van der Waals surface area contributed by atoms with Gasteiger partial charge >= 0.3 is 6.03 Å². The molecule has 1 fully saturated rings. The Kier molecular flexibility index (Phi) is 4.77. The molecule has 1 atom stereocenters. The second-order valence-electron chi connectivity index (χ2n) is 7.49. The van der Waals surface area contributed by atoms with Crippen LogP contribution in [0.25, 0.3) is 0 Å². The summed E-state index contributed by atoms with van der Waals surface area (Å²) in [6.07, 6.45) is 1.16. The van der Waals surface area contributed by atoms with Crippen molar-refractivity contribution in [3.05, 3.63) is 64.7 Å². The van der Waals surface area contributed by atoms with E-state index in [9.17, 15) is 19.2 Å². The second kappa shape index (κ2) is 7.29. The zero-order chi connectivity index (χ0) is 21.5. The number of carbonyl (C=O) groups is 4. The molecule has 1 spiro atoms. The molecule has 154 valence electrons. The lowest BCUT2D eigenvalue weighted by Gasteiger charge is -2.22. The normalized spacial score (nSPS) is 19.6. The number of anilines is 1. The van der Waals surface area contributed by atoms with Crippen LogP contribution in [0.3, 0.4) is 0 Å². The van der Waals surface area contributed by atoms with Crippen LogP contribution in [0.2, 0.25) is 0 Å². The van der Waals surface area contributed by atoms with E-state index in [0.29, 0.717) is 29.7 Å². The predicted octanol–water partition coefficient (Wildman–Crippen LogP) is 1.69. The van der Waals surface area contributed by atoms with Crippen molar-refractivity contribution in [2.45, 2.75) is 25.3 Å². The Morgan fingerprint density at radius 2 is 1.90 bits per heavy atom. The number of hydrogen-bond donors (Lipinski definition) is 3. The Bertz CT molecular complexity index is 1080. The Hall–Kier alpha value is -3.68. The van der Waals surface area contributed by atoms with Gasteiger partial charge in [-0.3, -0.25) is 19.3 Å². The fraction of sp³-hybridized carbons (Fsp3) is 0.273. The molecule has 30 heavy (non-hydrogen) atoms. The van der Waals surface area contributed by atoms with Crippen molar-refractivity contribution in [2.75, 3.05) is 18.9 Å². The Labute approximate surface area is 173 Å². The second-order valence-corrected chi connectivity index (χ2v) is 7.49. The number of urea groups is 1. The van der Waals surface area contributed by atoms with Crippen LogP contribution in [0.5, 0.6) is 0 Å². The largest absolute Gasteiger partial charge is 0.355 e. The molecule has 1 saturated heterocycles. The number of rotatable bonds is 4. The van der Waals surface area contributed by atoms with Crippen LogP contribution >= 0.6 is 0 Å². The zero-order valence-corrected chi connectivity index (χ0v) is 16.7. The quantitative estimate of drug-likeness (QED) is 0.672. The lowest BCUT2D eigenvalue weighted by Crippen LogP contribution is -2.43. The summed E-state index contributed by atoms with van der Waals surface area (Å²) in [6.45, 7) is 1.32. The fourth-order valence-electron chi connectivity index (χ4n) is 4.22. The first-order chi connectivity index (χ1) is 14.4. The molecule has 0 saturated carbocycles. The number of nitrogens with one attached hydrogen (secondary N) is 3. The van der Waals surface area contributed by atoms with Gasteiger partial charge in [0.2, 0.25) is 5.91 Å². The summed E-state index contributed by atoms with van der Waals surface area (Å²) in [5.41, 5.74) is 2.21. The third-order valence-electron chi connectivity index (χ3n) is 5.80. The number of hydrogen-bond acceptors (Lipinski definition) is 4. The van der Waals surface area contributed by atoms with Crippen LogP contribution in [0, 0.1) is 6.92 Å². The number of amides is 5. The minimum Gasteiger partial charge on any atom is -0.355 e. The fourth-order valence-corrected chi connectivity index (χ4v) is 4.22. The van der Waals surface area contributed by atoms with Crippen molar-refractivity contribution >= 4 is 29.4 Å². The van der Waals surface area contributed by atoms with Crippen molar-refractivity contribution in [1.82, 2.24) is 15.5 Å². The van der Waals surface area contributed by atoms with E-state index in [0.717, 1.165) is 16.0 Å². The topological polar surface area (TPSA) is 108 Å². The minimum atomic E-state index is -1.09. The molecule has 1 aliphatic carbocycles. The van der Waals surface area contributed by atoms with Crippen LogP contribution in [-0.2, 0) is 21.5 Å². The molecule has 1 aliphatic heterocycles. The Morgan fingerprint density at radius 1 is 1.13 bits per heavy atom. The number of fused-ring (bicyclic) bond motifs is 2. The van der Waals surface area contributed by atoms with Gasteiger partial charge < -0.3 is 16.0 Å². The van der Waals surface area contributed by atoms with E-state index in [4.69, 9.17) is 0 Å². The maximum absolute atomic E-state index is 13.1. The minimum absolute atomic E-state index is 0.264. The van der Waals surface area contributed by atoms with Gasteiger partial charge in [0.1, 0.15) is 12.1 Å². The van der Waals surface area contributed by atoms with Gasteiger partial charge in [0.05, 0.1) is 0 Å². The highest BCUT2D eigenvalue weighted by molar-refractivity contribution is 6.11. The summed E-state index contributed by atoms with van der Waals surface area (Å²) in [5.74, 6) is -1.19. The first kappa shape index (κ1) is 19.6. The highest BCUT2D eigenvalue weighted by atomic mass is 16.2. The molecule has 8 nitrogen and oxygen atoms in total. The van der Waals surface area contributed by atoms with Crippen LogP contribution in [0.15, 0.2) is 42.5 Å². The molecule has 2 aliphatic rings. The lowest BCUT2D eigenvalue weighted by atomic mass is 9.92. The van der Waals surface area contributed by atoms with Crippen LogP contribution in [-0.4, -0.2) is 42.2 Å². The highest BCUT2D eigenvalue weighted by Crippen LogP contribution is 2.41. The zero-order valence-electron chi connectivity index (χ0n) is 16.7. The summed E-state index contributed by atoms with van der Waals surface area (Å²) in [5, 5.41) is 8.06. The molecular weight excluding hydrogens is 384 g/mol. The van der Waals surface area contributed by atoms with Crippen LogP contribution in [0.1, 0.15) is 33.5 Å². The lowest BCUT2D eigenvalue weighted by molar-refractivity contribution is -0.134. The van der Waals surface area contributed by atoms with Crippen molar-refractivity contribution in [1.29, 1.82) is 0 Å². The van der Waals surface area contributed by atoms with Gasteiger partial charge in [-0.2, -0.15) is 0 Å². The maximum atomic E-state index is 13.1. The maximum Gasteiger partial charge on any atom is 0.325 e. The summed E-state index contributed by atoms with van der Waals surface area (Å²) in [6, 6.07) is 11.9. The molecule has 0 bridgehead atoms. The SMILES string of the molecule is CNC(=O)c1cccc(NC(=O)CN2C(=O)NC3(CCc4ccccc43)C2=O)c1C. The van der Waals surface area contributed by atoms with E-state index in [2.05, 4.69) is 16.0 Å². The van der Waals surface area contributed by atoms with E-state index >= 15 is 0 Å². The molecule has 4 rings (SSSR count). The summed E-state index contributed by atoms with van der Waals surface area (Å²) < 4.78 is 0. The molecule has 1 unspecified atom stereocenters. The molecule has 3 N–H and O–H groups in total. The number of nitrogens with zero attached hydrogens (tertiary/aromatic N) is 1. The molecular formula is C22H22N4O4. The molecule has 0 aromatic heterocycles. The molecule has 5 amide bonds. The summed E-state index contributed by atoms with van der Waals surface area (Å²) >= 11 is 0. The van der Waals surface area contributed by atoms with Crippen molar-refractivity contribution < 1.29 is 19.2 Å². The molecule has 2 aromatic carbocycles. The first-order valence-electron chi connectivity index (χ1n) is 9.71. The van der Waals surface area contributed by atoms with Gasteiger partial charge in [0, 0.05) is 18.3 Å². The third-order valence-corrected chi connectivity index (χ3v) is 5.80. The molecule has 2 aromatic rings. The van der Waals surface area contributed by atoms with Gasteiger partial charge in [0.25, 0.3) is 11.8 Å². The van der Waals surface area contributed by atoms with E-state index in [1.54, 1.807) is 25.1 Å². The average molecular weight is 406 g/mol. The van der Waals surface area contributed by atoms with Gasteiger partial charge in [-0.25, -0.2) is 4.79 Å². The van der Waals surface area contributed by atoms with E-state index < -0.39 is 29.9 Å². The first-order valence-corrected chi connectivity index (χ1v) is 9.71. The molecule has 8 heteroatoms. The standard InChI is InChI=1S/C22H22N4O4/c1-13-15(19(28)23-2)7-5-9-17(13)24-18(27)12-26-20(29)22(25-21(26)30)11-10-14-6-3-4-8-16(14)22/h3-9H,10-12H2,1-2H3,(H,23,28)(H,24,27)(H,25,30). The van der Waals surface area contributed by atoms with E-state index in [1.165, 1.54) is 7.05 Å². The average Bonchev–Trinajstić information content (AvgIpc) is 3.22. The van der Waals surface area contributed by atoms with Gasteiger partial charge in [-0.05, 0) is 48.6 Å². The van der Waals surface area contributed by atoms with Gasteiger partial charge in [-0.1, -0.05) is 30.3 Å². The summed E-state index contributed by atoms with van der Waals surface area (Å²) in [7, 11) is 1.53. The number of imide groups is 1. The predicted molar refractivity (Wildman–Crippen MR) is 110 cm³/mol. The van der Waals surface area contributed by atoms with E-state index in [1.807, 2.05) is 24.3 Å². The number of carbonyl (C=O) groups excluding carboxylic acids is 4. The van der Waals surface area contributed by atoms with Gasteiger partial charge in [-0.15, -0.1) is 0 Å². The third kappa shape index (κ3) is 3.01. The molecule has 0 radical (unpaired) electrons. The monoisotopic (exact) mass is 406 g/mol. The smallest absolute Gasteiger partial charge is 0.325 e. The Balaban J connectivity index is 1.52. The molecule has 1 heterocycles. The van der Waals surface area contributed by atoms with E-state index in [-0.39, 0.29) is 5.91 Å². The van der Waals surface area contributed by atoms with Crippen molar-refractivity contribution in [3.8, 4) is 0 Å².